The van der Waals surface area contributed by atoms with Crippen LogP contribution in [0.25, 0.3) is 0 Å². The average Bonchev–Trinajstić information content (AvgIpc) is 3.33. The van der Waals surface area contributed by atoms with Crippen LogP contribution in [0.15, 0.2) is 35.5 Å². The number of hydrogen-bond donors (Lipinski definition) is 0. The summed E-state index contributed by atoms with van der Waals surface area (Å²) in [7, 11) is -3.50. The summed E-state index contributed by atoms with van der Waals surface area (Å²) in [6, 6.07) is 3.57. The summed E-state index contributed by atoms with van der Waals surface area (Å²) in [5.41, 5.74) is 0. The lowest BCUT2D eigenvalue weighted by atomic mass is 10.2. The molecule has 1 amide bonds. The molecule has 2 heterocycles. The highest BCUT2D eigenvalue weighted by molar-refractivity contribution is 7.89. The third-order valence-corrected chi connectivity index (χ3v) is 6.39. The quantitative estimate of drug-likeness (QED) is 0.505. The monoisotopic (exact) mass is 398 g/mol. The summed E-state index contributed by atoms with van der Waals surface area (Å²) in [5.74, 6) is 0.434. The second-order valence-corrected chi connectivity index (χ2v) is 8.83. The highest BCUT2D eigenvalue weighted by atomic mass is 32.2. The number of amides is 1. The molecule has 1 aliphatic heterocycles. The Morgan fingerprint density at radius 2 is 2.26 bits per heavy atom. The van der Waals surface area contributed by atoms with Gasteiger partial charge in [0.1, 0.15) is 5.76 Å². The van der Waals surface area contributed by atoms with E-state index in [1.807, 2.05) is 6.92 Å². The van der Waals surface area contributed by atoms with Gasteiger partial charge in [-0.15, -0.1) is 6.58 Å². The maximum Gasteiger partial charge on any atom is 0.238 e. The first kappa shape index (κ1) is 21.7. The fourth-order valence-corrected chi connectivity index (χ4v) is 4.56. The van der Waals surface area contributed by atoms with E-state index in [0.717, 1.165) is 19.3 Å². The SMILES string of the molecule is C=CCN(CC(=O)N(Cc1ccco1)CC1CCCO1)S(=O)(=O)CCCC. The van der Waals surface area contributed by atoms with Gasteiger partial charge in [0.15, 0.2) is 0 Å². The summed E-state index contributed by atoms with van der Waals surface area (Å²) < 4.78 is 37.4. The number of sulfonamides is 1. The Kier molecular flexibility index (Phi) is 8.53. The zero-order valence-electron chi connectivity index (χ0n) is 16.0. The molecule has 1 aromatic rings. The van der Waals surface area contributed by atoms with Gasteiger partial charge in [-0.05, 0) is 31.4 Å². The molecule has 7 nitrogen and oxygen atoms in total. The van der Waals surface area contributed by atoms with Crippen molar-refractivity contribution in [2.24, 2.45) is 0 Å². The summed E-state index contributed by atoms with van der Waals surface area (Å²) in [5, 5.41) is 0. The van der Waals surface area contributed by atoms with Gasteiger partial charge in [0.2, 0.25) is 15.9 Å². The van der Waals surface area contributed by atoms with Crippen molar-refractivity contribution in [2.75, 3.05) is 32.0 Å². The van der Waals surface area contributed by atoms with E-state index in [2.05, 4.69) is 6.58 Å². The first-order valence-corrected chi connectivity index (χ1v) is 11.1. The maximum absolute atomic E-state index is 13.0. The van der Waals surface area contributed by atoms with Crippen LogP contribution in [0, 0.1) is 0 Å². The van der Waals surface area contributed by atoms with E-state index >= 15 is 0 Å². The minimum atomic E-state index is -3.50. The van der Waals surface area contributed by atoms with Crippen molar-refractivity contribution in [3.8, 4) is 0 Å². The van der Waals surface area contributed by atoms with Gasteiger partial charge in [-0.1, -0.05) is 19.4 Å². The zero-order valence-corrected chi connectivity index (χ0v) is 16.8. The number of unbranched alkanes of at least 4 members (excludes halogenated alkanes) is 1. The van der Waals surface area contributed by atoms with Crippen LogP contribution in [0.5, 0.6) is 0 Å². The molecule has 1 saturated heterocycles. The van der Waals surface area contributed by atoms with Crippen LogP contribution in [0.4, 0.5) is 0 Å². The van der Waals surface area contributed by atoms with Gasteiger partial charge in [0.05, 0.1) is 31.2 Å². The topological polar surface area (TPSA) is 80.1 Å². The van der Waals surface area contributed by atoms with Crippen molar-refractivity contribution in [3.63, 3.8) is 0 Å². The lowest BCUT2D eigenvalue weighted by Gasteiger charge is -2.28. The van der Waals surface area contributed by atoms with Crippen LogP contribution in [0.3, 0.4) is 0 Å². The molecule has 1 aliphatic rings. The van der Waals surface area contributed by atoms with Crippen molar-refractivity contribution in [1.29, 1.82) is 0 Å². The van der Waals surface area contributed by atoms with Gasteiger partial charge in [-0.3, -0.25) is 4.79 Å². The third kappa shape index (κ3) is 6.79. The summed E-state index contributed by atoms with van der Waals surface area (Å²) in [6.07, 6.45) is 6.26. The summed E-state index contributed by atoms with van der Waals surface area (Å²) >= 11 is 0. The first-order valence-electron chi connectivity index (χ1n) is 9.46. The van der Waals surface area contributed by atoms with Crippen LogP contribution >= 0.6 is 0 Å². The fraction of sp³-hybridized carbons (Fsp3) is 0.632. The molecule has 0 aliphatic carbocycles. The standard InChI is InChI=1S/C19H30N2O5S/c1-3-5-13-27(23,24)21(10-4-2)16-19(22)20(14-17-8-6-11-25-17)15-18-9-7-12-26-18/h4,6,8,11,18H,2-3,5,7,9-10,12-16H2,1H3. The molecular formula is C19H30N2O5S. The number of hydrogen-bond acceptors (Lipinski definition) is 5. The van der Waals surface area contributed by atoms with Gasteiger partial charge < -0.3 is 14.1 Å². The Balaban J connectivity index is 2.09. The molecular weight excluding hydrogens is 368 g/mol. The molecule has 0 saturated carbocycles. The molecule has 1 aromatic heterocycles. The van der Waals surface area contributed by atoms with Crippen molar-refractivity contribution < 1.29 is 22.4 Å². The number of nitrogens with zero attached hydrogens (tertiary/aromatic N) is 2. The Hall–Kier alpha value is -1.64. The van der Waals surface area contributed by atoms with E-state index in [-0.39, 0.29) is 30.9 Å². The van der Waals surface area contributed by atoms with Crippen LogP contribution in [-0.4, -0.2) is 61.6 Å². The molecule has 0 N–H and O–H groups in total. The van der Waals surface area contributed by atoms with Crippen molar-refractivity contribution >= 4 is 15.9 Å². The second-order valence-electron chi connectivity index (χ2n) is 6.74. The van der Waals surface area contributed by atoms with Crippen molar-refractivity contribution in [2.45, 2.75) is 45.3 Å². The third-order valence-electron chi connectivity index (χ3n) is 4.52. The molecule has 0 bridgehead atoms. The Labute approximate surface area is 162 Å². The molecule has 27 heavy (non-hydrogen) atoms. The lowest BCUT2D eigenvalue weighted by Crippen LogP contribution is -2.45. The zero-order chi connectivity index (χ0) is 19.7. The van der Waals surface area contributed by atoms with Crippen LogP contribution in [0.1, 0.15) is 38.4 Å². The van der Waals surface area contributed by atoms with E-state index in [1.54, 1.807) is 23.3 Å². The Morgan fingerprint density at radius 3 is 2.85 bits per heavy atom. The van der Waals surface area contributed by atoms with E-state index in [9.17, 15) is 13.2 Å². The number of rotatable bonds is 12. The van der Waals surface area contributed by atoms with Crippen LogP contribution in [-0.2, 0) is 26.1 Å². The van der Waals surface area contributed by atoms with Gasteiger partial charge in [-0.25, -0.2) is 8.42 Å². The van der Waals surface area contributed by atoms with Gasteiger partial charge in [0.25, 0.3) is 0 Å². The Bertz CT molecular complexity index is 681. The van der Waals surface area contributed by atoms with Crippen LogP contribution in [0.2, 0.25) is 0 Å². The molecule has 1 fully saturated rings. The van der Waals surface area contributed by atoms with Crippen molar-refractivity contribution in [1.82, 2.24) is 9.21 Å². The normalized spacial score (nSPS) is 17.3. The average molecular weight is 399 g/mol. The number of carbonyl (C=O) groups excluding carboxylic acids is 1. The van der Waals surface area contributed by atoms with Crippen LogP contribution < -0.4 is 0 Å². The molecule has 2 rings (SSSR count). The van der Waals surface area contributed by atoms with Gasteiger partial charge >= 0.3 is 0 Å². The predicted molar refractivity (Wildman–Crippen MR) is 104 cm³/mol. The molecule has 8 heteroatoms. The molecule has 1 atom stereocenters. The largest absolute Gasteiger partial charge is 0.467 e. The van der Waals surface area contributed by atoms with E-state index in [4.69, 9.17) is 9.15 Å². The van der Waals surface area contributed by atoms with Gasteiger partial charge in [0, 0.05) is 19.7 Å². The summed E-state index contributed by atoms with van der Waals surface area (Å²) in [4.78, 5) is 14.6. The number of ether oxygens (including phenoxy) is 1. The van der Waals surface area contributed by atoms with E-state index < -0.39 is 10.0 Å². The minimum Gasteiger partial charge on any atom is -0.467 e. The molecule has 0 aromatic carbocycles. The van der Waals surface area contributed by atoms with Crippen molar-refractivity contribution in [3.05, 3.63) is 36.8 Å². The highest BCUT2D eigenvalue weighted by Crippen LogP contribution is 2.16. The first-order chi connectivity index (χ1) is 13.0. The molecule has 152 valence electrons. The second kappa shape index (κ2) is 10.6. The highest BCUT2D eigenvalue weighted by Gasteiger charge is 2.28. The minimum absolute atomic E-state index is 0.0199. The number of carbonyl (C=O) groups is 1. The fourth-order valence-electron chi connectivity index (χ4n) is 3.01. The van der Waals surface area contributed by atoms with E-state index in [1.165, 1.54) is 10.4 Å². The smallest absolute Gasteiger partial charge is 0.238 e. The Morgan fingerprint density at radius 1 is 1.44 bits per heavy atom. The lowest BCUT2D eigenvalue weighted by molar-refractivity contribution is -0.133. The molecule has 0 radical (unpaired) electrons. The van der Waals surface area contributed by atoms with E-state index in [0.29, 0.717) is 31.9 Å². The molecule has 1 unspecified atom stereocenters. The summed E-state index contributed by atoms with van der Waals surface area (Å²) in [6.45, 7) is 6.89. The number of furan rings is 1. The molecule has 0 spiro atoms. The van der Waals surface area contributed by atoms with Gasteiger partial charge in [-0.2, -0.15) is 4.31 Å². The predicted octanol–water partition coefficient (Wildman–Crippen LogP) is 2.41. The maximum atomic E-state index is 13.0.